The van der Waals surface area contributed by atoms with Crippen molar-refractivity contribution >= 4 is 34.7 Å². The van der Waals surface area contributed by atoms with E-state index in [-0.39, 0.29) is 5.56 Å². The first-order valence-electron chi connectivity index (χ1n) is 7.00. The first-order valence-corrected chi connectivity index (χ1v) is 8.20. The van der Waals surface area contributed by atoms with Gasteiger partial charge >= 0.3 is 0 Å². The van der Waals surface area contributed by atoms with Gasteiger partial charge in [0.05, 0.1) is 10.8 Å². The Bertz CT molecular complexity index is 1000. The normalized spacial score (nSPS) is 14.7. The Hall–Kier alpha value is -2.31. The van der Waals surface area contributed by atoms with Gasteiger partial charge in [-0.05, 0) is 36.4 Å². The lowest BCUT2D eigenvalue weighted by molar-refractivity contribution is 0.556. The van der Waals surface area contributed by atoms with Crippen molar-refractivity contribution in [2.24, 2.45) is 4.99 Å². The van der Waals surface area contributed by atoms with Crippen LogP contribution >= 0.6 is 22.9 Å². The fourth-order valence-electron chi connectivity index (χ4n) is 2.43. The monoisotopic (exact) mass is 345 g/mol. The molecule has 0 bridgehead atoms. The SMILES string of the molecule is O=c1/c(=C\c2ccco2)sc2n1CN(c1ccc(Cl)cc1)CN=2. The lowest BCUT2D eigenvalue weighted by Crippen LogP contribution is -2.42. The number of nitrogens with zero attached hydrogens (tertiary/aromatic N) is 3. The molecular formula is C16H12ClN3O2S. The molecule has 1 aliphatic rings. The number of halogens is 1. The molecule has 5 nitrogen and oxygen atoms in total. The minimum absolute atomic E-state index is 0.0520. The summed E-state index contributed by atoms with van der Waals surface area (Å²) in [6.45, 7) is 0.990. The molecule has 7 heteroatoms. The van der Waals surface area contributed by atoms with Crippen molar-refractivity contribution in [2.75, 3.05) is 11.6 Å². The van der Waals surface area contributed by atoms with Gasteiger partial charge in [-0.2, -0.15) is 0 Å². The summed E-state index contributed by atoms with van der Waals surface area (Å²) in [6, 6.07) is 11.1. The summed E-state index contributed by atoms with van der Waals surface area (Å²) in [5, 5.41) is 0.687. The van der Waals surface area contributed by atoms with Crippen molar-refractivity contribution in [3.8, 4) is 0 Å². The van der Waals surface area contributed by atoms with E-state index >= 15 is 0 Å². The van der Waals surface area contributed by atoms with Crippen molar-refractivity contribution in [2.45, 2.75) is 6.67 Å². The molecule has 0 saturated heterocycles. The second-order valence-corrected chi connectivity index (χ2v) is 6.54. The van der Waals surface area contributed by atoms with E-state index in [9.17, 15) is 4.79 Å². The minimum atomic E-state index is -0.0520. The molecular weight excluding hydrogens is 334 g/mol. The highest BCUT2D eigenvalue weighted by Crippen LogP contribution is 2.18. The van der Waals surface area contributed by atoms with Gasteiger partial charge in [-0.1, -0.05) is 22.9 Å². The number of hydrogen-bond acceptors (Lipinski definition) is 5. The van der Waals surface area contributed by atoms with Crippen LogP contribution in [-0.4, -0.2) is 11.2 Å². The van der Waals surface area contributed by atoms with E-state index in [0.717, 1.165) is 10.5 Å². The zero-order chi connectivity index (χ0) is 15.8. The van der Waals surface area contributed by atoms with Crippen LogP contribution < -0.4 is 19.8 Å². The Labute approximate surface area is 140 Å². The molecule has 1 aliphatic heterocycles. The first-order chi connectivity index (χ1) is 11.2. The smallest absolute Gasteiger partial charge is 0.271 e. The van der Waals surface area contributed by atoms with Crippen molar-refractivity contribution in [1.82, 2.24) is 4.57 Å². The molecule has 0 radical (unpaired) electrons. The highest BCUT2D eigenvalue weighted by Gasteiger charge is 2.16. The van der Waals surface area contributed by atoms with Crippen molar-refractivity contribution < 1.29 is 4.42 Å². The topological polar surface area (TPSA) is 50.7 Å². The average molecular weight is 346 g/mol. The number of benzene rings is 1. The van der Waals surface area contributed by atoms with E-state index in [4.69, 9.17) is 16.0 Å². The summed E-state index contributed by atoms with van der Waals surface area (Å²) in [5.41, 5.74) is 0.933. The molecule has 0 fully saturated rings. The number of aromatic nitrogens is 1. The Balaban J connectivity index is 1.72. The third kappa shape index (κ3) is 2.71. The van der Waals surface area contributed by atoms with Crippen LogP contribution in [0.1, 0.15) is 5.76 Å². The van der Waals surface area contributed by atoms with Gasteiger partial charge in [0.25, 0.3) is 5.56 Å². The molecule has 0 saturated carbocycles. The van der Waals surface area contributed by atoms with E-state index in [2.05, 4.69) is 4.99 Å². The molecule has 3 heterocycles. The van der Waals surface area contributed by atoms with Crippen LogP contribution in [0.3, 0.4) is 0 Å². The summed E-state index contributed by atoms with van der Waals surface area (Å²) in [6.07, 6.45) is 3.34. The average Bonchev–Trinajstić information content (AvgIpc) is 3.17. The summed E-state index contributed by atoms with van der Waals surface area (Å²) in [5.74, 6) is 0.663. The van der Waals surface area contributed by atoms with Gasteiger partial charge in [0.2, 0.25) is 0 Å². The molecule has 0 amide bonds. The Kier molecular flexibility index (Phi) is 3.55. The minimum Gasteiger partial charge on any atom is -0.465 e. The maximum atomic E-state index is 12.6. The standard InChI is InChI=1S/C16H12ClN3O2S/c17-11-3-5-12(6-4-11)19-9-18-16-20(10-19)15(21)14(23-16)8-13-2-1-7-22-13/h1-8H,9-10H2/b14-8+. The quantitative estimate of drug-likeness (QED) is 0.714. The van der Waals surface area contributed by atoms with Gasteiger partial charge in [0, 0.05) is 16.8 Å². The molecule has 0 atom stereocenters. The van der Waals surface area contributed by atoms with E-state index < -0.39 is 0 Å². The summed E-state index contributed by atoms with van der Waals surface area (Å²) in [7, 11) is 0. The van der Waals surface area contributed by atoms with Crippen LogP contribution in [-0.2, 0) is 6.67 Å². The van der Waals surface area contributed by atoms with Gasteiger partial charge < -0.3 is 9.32 Å². The fraction of sp³-hybridized carbons (Fsp3) is 0.125. The largest absolute Gasteiger partial charge is 0.465 e. The number of anilines is 1. The van der Waals surface area contributed by atoms with E-state index in [1.807, 2.05) is 35.2 Å². The predicted molar refractivity (Wildman–Crippen MR) is 90.4 cm³/mol. The predicted octanol–water partition coefficient (Wildman–Crippen LogP) is 2.04. The second kappa shape index (κ2) is 5.72. The molecule has 0 unspecified atom stereocenters. The molecule has 4 rings (SSSR count). The molecule has 1 aromatic carbocycles. The Morgan fingerprint density at radius 2 is 2.09 bits per heavy atom. The Morgan fingerprint density at radius 1 is 1.26 bits per heavy atom. The van der Waals surface area contributed by atoms with Crippen LogP contribution in [0.4, 0.5) is 5.69 Å². The first kappa shape index (κ1) is 14.3. The molecule has 0 N–H and O–H groups in total. The number of furan rings is 1. The van der Waals surface area contributed by atoms with Crippen LogP contribution in [0.5, 0.6) is 0 Å². The van der Waals surface area contributed by atoms with Crippen LogP contribution in [0.15, 0.2) is 56.9 Å². The fourth-order valence-corrected chi connectivity index (χ4v) is 3.50. The van der Waals surface area contributed by atoms with Gasteiger partial charge in [0.1, 0.15) is 19.1 Å². The summed E-state index contributed by atoms with van der Waals surface area (Å²) in [4.78, 5) is 19.8. The highest BCUT2D eigenvalue weighted by atomic mass is 35.5. The van der Waals surface area contributed by atoms with Crippen molar-refractivity contribution in [3.05, 3.63) is 73.1 Å². The molecule has 116 valence electrons. The Morgan fingerprint density at radius 3 is 2.83 bits per heavy atom. The molecule has 2 aromatic heterocycles. The summed E-state index contributed by atoms with van der Waals surface area (Å²) < 4.78 is 7.58. The molecule has 23 heavy (non-hydrogen) atoms. The lowest BCUT2D eigenvalue weighted by Gasteiger charge is -2.25. The number of hydrogen-bond donors (Lipinski definition) is 0. The zero-order valence-electron chi connectivity index (χ0n) is 12.0. The number of thiazole rings is 1. The molecule has 3 aromatic rings. The second-order valence-electron chi connectivity index (χ2n) is 5.10. The maximum Gasteiger partial charge on any atom is 0.271 e. The van der Waals surface area contributed by atoms with Gasteiger partial charge in [0.15, 0.2) is 4.80 Å². The van der Waals surface area contributed by atoms with Crippen molar-refractivity contribution in [1.29, 1.82) is 0 Å². The third-order valence-electron chi connectivity index (χ3n) is 3.59. The number of rotatable bonds is 2. The van der Waals surface area contributed by atoms with Crippen molar-refractivity contribution in [3.63, 3.8) is 0 Å². The van der Waals surface area contributed by atoms with E-state index in [1.165, 1.54) is 11.3 Å². The van der Waals surface area contributed by atoms with E-state index in [0.29, 0.717) is 28.7 Å². The van der Waals surface area contributed by atoms with Crippen LogP contribution in [0, 0.1) is 0 Å². The lowest BCUT2D eigenvalue weighted by atomic mass is 10.3. The highest BCUT2D eigenvalue weighted by molar-refractivity contribution is 7.07. The summed E-state index contributed by atoms with van der Waals surface area (Å²) >= 11 is 7.30. The molecule has 0 aliphatic carbocycles. The van der Waals surface area contributed by atoms with Gasteiger partial charge in [-0.25, -0.2) is 4.99 Å². The van der Waals surface area contributed by atoms with Gasteiger partial charge in [-0.15, -0.1) is 0 Å². The maximum absolute atomic E-state index is 12.6. The third-order valence-corrected chi connectivity index (χ3v) is 4.88. The zero-order valence-corrected chi connectivity index (χ0v) is 13.5. The van der Waals surface area contributed by atoms with E-state index in [1.54, 1.807) is 23.0 Å². The van der Waals surface area contributed by atoms with Gasteiger partial charge in [-0.3, -0.25) is 9.36 Å². The van der Waals surface area contributed by atoms with Crippen LogP contribution in [0.2, 0.25) is 5.02 Å². The van der Waals surface area contributed by atoms with Crippen LogP contribution in [0.25, 0.3) is 6.08 Å². The number of fused-ring (bicyclic) bond motifs is 1. The molecule has 0 spiro atoms.